The molecule has 2 rings (SSSR count). The van der Waals surface area contributed by atoms with E-state index in [4.69, 9.17) is 4.74 Å². The molecular formula is C15H14O4. The lowest BCUT2D eigenvalue weighted by molar-refractivity contribution is -0.140. The van der Waals surface area contributed by atoms with E-state index in [2.05, 4.69) is 11.8 Å². The molecule has 0 radical (unpaired) electrons. The van der Waals surface area contributed by atoms with Gasteiger partial charge in [-0.05, 0) is 31.4 Å². The monoisotopic (exact) mass is 258 g/mol. The highest BCUT2D eigenvalue weighted by Gasteiger charge is 2.52. The first-order valence-corrected chi connectivity index (χ1v) is 6.12. The zero-order chi connectivity index (χ0) is 13.9. The van der Waals surface area contributed by atoms with E-state index in [1.165, 1.54) is 0 Å². The van der Waals surface area contributed by atoms with Crippen LogP contribution in [0.5, 0.6) is 0 Å². The molecule has 0 atom stereocenters. The first-order valence-electron chi connectivity index (χ1n) is 6.12. The Balaban J connectivity index is 2.33. The van der Waals surface area contributed by atoms with Crippen LogP contribution in [0.15, 0.2) is 24.3 Å². The second kappa shape index (κ2) is 5.15. The highest BCUT2D eigenvalue weighted by atomic mass is 16.5. The number of esters is 1. The Labute approximate surface area is 111 Å². The number of hydrogen-bond acceptors (Lipinski definition) is 3. The Morgan fingerprint density at radius 2 is 2.05 bits per heavy atom. The van der Waals surface area contributed by atoms with Gasteiger partial charge in [-0.1, -0.05) is 24.1 Å². The molecule has 0 spiro atoms. The van der Waals surface area contributed by atoms with Gasteiger partial charge in [0.05, 0.1) is 12.0 Å². The van der Waals surface area contributed by atoms with Crippen LogP contribution >= 0.6 is 0 Å². The van der Waals surface area contributed by atoms with Gasteiger partial charge in [-0.25, -0.2) is 4.79 Å². The summed E-state index contributed by atoms with van der Waals surface area (Å²) in [5.41, 5.74) is 0.440. The van der Waals surface area contributed by atoms with Crippen molar-refractivity contribution in [2.45, 2.75) is 25.2 Å². The van der Waals surface area contributed by atoms with Gasteiger partial charge < -0.3 is 9.84 Å². The molecule has 0 heterocycles. The van der Waals surface area contributed by atoms with E-state index in [1.807, 2.05) is 0 Å². The van der Waals surface area contributed by atoms with Gasteiger partial charge in [0, 0.05) is 11.5 Å². The fourth-order valence-electron chi connectivity index (χ4n) is 2.02. The minimum absolute atomic E-state index is 0.272. The highest BCUT2D eigenvalue weighted by Crippen LogP contribution is 2.49. The topological polar surface area (TPSA) is 63.6 Å². The summed E-state index contributed by atoms with van der Waals surface area (Å²) in [6, 6.07) is 7.05. The van der Waals surface area contributed by atoms with Crippen LogP contribution in [-0.2, 0) is 19.7 Å². The standard InChI is InChI=1S/C15H14O4/c1-2-19-13(16)8-7-11-5-3-4-6-12(11)15(9-10-15)14(17)18/h3-6H,2,9-10H2,1H3,(H,17,18). The van der Waals surface area contributed by atoms with E-state index < -0.39 is 17.4 Å². The van der Waals surface area contributed by atoms with Crippen LogP contribution < -0.4 is 0 Å². The molecule has 1 N–H and O–H groups in total. The second-order valence-corrected chi connectivity index (χ2v) is 4.40. The number of aliphatic carboxylic acids is 1. The lowest BCUT2D eigenvalue weighted by atomic mass is 9.91. The molecule has 0 bridgehead atoms. The van der Waals surface area contributed by atoms with Gasteiger partial charge >= 0.3 is 11.9 Å². The van der Waals surface area contributed by atoms with Gasteiger partial charge in [0.25, 0.3) is 0 Å². The molecule has 4 nitrogen and oxygen atoms in total. The predicted molar refractivity (Wildman–Crippen MR) is 68.5 cm³/mol. The van der Waals surface area contributed by atoms with E-state index >= 15 is 0 Å². The fourth-order valence-corrected chi connectivity index (χ4v) is 2.02. The first kappa shape index (κ1) is 13.2. The molecule has 19 heavy (non-hydrogen) atoms. The van der Waals surface area contributed by atoms with E-state index in [0.717, 1.165) is 0 Å². The molecule has 1 fully saturated rings. The third-order valence-corrected chi connectivity index (χ3v) is 3.18. The molecular weight excluding hydrogens is 244 g/mol. The molecule has 1 aliphatic rings. The van der Waals surface area contributed by atoms with Crippen LogP contribution in [0.3, 0.4) is 0 Å². The number of carbonyl (C=O) groups is 2. The van der Waals surface area contributed by atoms with Crippen molar-refractivity contribution < 1.29 is 19.4 Å². The average molecular weight is 258 g/mol. The smallest absolute Gasteiger partial charge is 0.384 e. The third kappa shape index (κ3) is 2.60. The number of ether oxygens (including phenoxy) is 1. The van der Waals surface area contributed by atoms with Gasteiger partial charge in [0.15, 0.2) is 0 Å². The Kier molecular flexibility index (Phi) is 3.57. The Bertz CT molecular complexity index is 573. The number of carboxylic acid groups (broad SMARTS) is 1. The molecule has 0 unspecified atom stereocenters. The zero-order valence-electron chi connectivity index (χ0n) is 10.6. The summed E-state index contributed by atoms with van der Waals surface area (Å²) in [6.45, 7) is 1.98. The quantitative estimate of drug-likeness (QED) is 0.662. The number of hydrogen-bond donors (Lipinski definition) is 1. The van der Waals surface area contributed by atoms with Crippen LogP contribution in [0.2, 0.25) is 0 Å². The van der Waals surface area contributed by atoms with Gasteiger partial charge in [0.2, 0.25) is 0 Å². The molecule has 1 aliphatic carbocycles. The maximum Gasteiger partial charge on any atom is 0.384 e. The summed E-state index contributed by atoms with van der Waals surface area (Å²) in [5, 5.41) is 9.30. The van der Waals surface area contributed by atoms with E-state index in [0.29, 0.717) is 24.0 Å². The van der Waals surface area contributed by atoms with Crippen molar-refractivity contribution in [1.82, 2.24) is 0 Å². The van der Waals surface area contributed by atoms with Crippen LogP contribution in [0.4, 0.5) is 0 Å². The second-order valence-electron chi connectivity index (χ2n) is 4.40. The van der Waals surface area contributed by atoms with Crippen molar-refractivity contribution in [3.63, 3.8) is 0 Å². The maximum atomic E-state index is 11.3. The van der Waals surface area contributed by atoms with Crippen molar-refractivity contribution >= 4 is 11.9 Å². The van der Waals surface area contributed by atoms with Crippen molar-refractivity contribution in [1.29, 1.82) is 0 Å². The Morgan fingerprint density at radius 1 is 1.37 bits per heavy atom. The van der Waals surface area contributed by atoms with Crippen molar-refractivity contribution in [2.24, 2.45) is 0 Å². The third-order valence-electron chi connectivity index (χ3n) is 3.18. The SMILES string of the molecule is CCOC(=O)C#Cc1ccccc1C1(C(=O)O)CC1. The van der Waals surface area contributed by atoms with Crippen LogP contribution in [0.1, 0.15) is 30.9 Å². The van der Waals surface area contributed by atoms with Crippen molar-refractivity contribution in [3.05, 3.63) is 35.4 Å². The number of carbonyl (C=O) groups excluding carboxylic acids is 1. The van der Waals surface area contributed by atoms with Gasteiger partial charge in [-0.15, -0.1) is 0 Å². The molecule has 1 aromatic carbocycles. The maximum absolute atomic E-state index is 11.3. The molecule has 98 valence electrons. The van der Waals surface area contributed by atoms with Crippen molar-refractivity contribution in [2.75, 3.05) is 6.61 Å². The molecule has 0 saturated heterocycles. The van der Waals surface area contributed by atoms with Gasteiger partial charge in [-0.3, -0.25) is 4.79 Å². The minimum Gasteiger partial charge on any atom is -0.481 e. The molecule has 1 aromatic rings. The van der Waals surface area contributed by atoms with Crippen LogP contribution in [0.25, 0.3) is 0 Å². The Hall–Kier alpha value is -2.28. The zero-order valence-corrected chi connectivity index (χ0v) is 10.6. The summed E-state index contributed by atoms with van der Waals surface area (Å²) < 4.78 is 4.72. The molecule has 0 aromatic heterocycles. The van der Waals surface area contributed by atoms with Gasteiger partial charge in [0.1, 0.15) is 0 Å². The number of benzene rings is 1. The van der Waals surface area contributed by atoms with Crippen molar-refractivity contribution in [3.8, 4) is 11.8 Å². The summed E-state index contributed by atoms with van der Waals surface area (Å²) in [7, 11) is 0. The minimum atomic E-state index is -0.835. The largest absolute Gasteiger partial charge is 0.481 e. The fraction of sp³-hybridized carbons (Fsp3) is 0.333. The number of rotatable bonds is 3. The number of carboxylic acids is 1. The summed E-state index contributed by atoms with van der Waals surface area (Å²) in [5.74, 6) is 3.65. The molecule has 0 amide bonds. The molecule has 4 heteroatoms. The summed E-state index contributed by atoms with van der Waals surface area (Å²) >= 11 is 0. The van der Waals surface area contributed by atoms with E-state index in [1.54, 1.807) is 31.2 Å². The average Bonchev–Trinajstić information content (AvgIpc) is 3.18. The lowest BCUT2D eigenvalue weighted by Gasteiger charge is -2.11. The first-order chi connectivity index (χ1) is 9.10. The summed E-state index contributed by atoms with van der Waals surface area (Å²) in [6.07, 6.45) is 1.22. The predicted octanol–water partition coefficient (Wildman–Crippen LogP) is 1.72. The normalized spacial score (nSPS) is 15.0. The lowest BCUT2D eigenvalue weighted by Crippen LogP contribution is -2.20. The van der Waals surface area contributed by atoms with E-state index in [-0.39, 0.29) is 6.61 Å². The Morgan fingerprint density at radius 3 is 2.63 bits per heavy atom. The molecule has 0 aliphatic heterocycles. The summed E-state index contributed by atoms with van der Waals surface area (Å²) in [4.78, 5) is 22.6. The van der Waals surface area contributed by atoms with Gasteiger partial charge in [-0.2, -0.15) is 0 Å². The highest BCUT2D eigenvalue weighted by molar-refractivity contribution is 5.90. The van der Waals surface area contributed by atoms with Crippen LogP contribution in [-0.4, -0.2) is 23.7 Å². The van der Waals surface area contributed by atoms with Crippen LogP contribution in [0, 0.1) is 11.8 Å². The van der Waals surface area contributed by atoms with E-state index in [9.17, 15) is 14.7 Å². The molecule has 1 saturated carbocycles.